The van der Waals surface area contributed by atoms with Crippen LogP contribution >= 0.6 is 0 Å². The molecule has 2 aromatic carbocycles. The molecule has 0 radical (unpaired) electrons. The first-order chi connectivity index (χ1) is 13.5. The first-order valence-corrected chi connectivity index (χ1v) is 9.04. The van der Waals surface area contributed by atoms with Gasteiger partial charge in [-0.05, 0) is 49.7 Å². The van der Waals surface area contributed by atoms with Gasteiger partial charge in [0.2, 0.25) is 0 Å². The average molecular weight is 379 g/mol. The number of carbonyl (C=O) groups is 1. The number of benzene rings is 2. The van der Waals surface area contributed by atoms with Gasteiger partial charge >= 0.3 is 6.03 Å². The molecule has 2 amide bonds. The van der Waals surface area contributed by atoms with E-state index in [1.54, 1.807) is 26.4 Å². The van der Waals surface area contributed by atoms with E-state index in [9.17, 15) is 4.79 Å². The van der Waals surface area contributed by atoms with Crippen molar-refractivity contribution in [3.63, 3.8) is 0 Å². The van der Waals surface area contributed by atoms with Gasteiger partial charge in [0.1, 0.15) is 11.5 Å². The van der Waals surface area contributed by atoms with Crippen LogP contribution in [0.1, 0.15) is 17.0 Å². The summed E-state index contributed by atoms with van der Waals surface area (Å²) in [4.78, 5) is 12.3. The zero-order valence-electron chi connectivity index (χ0n) is 16.6. The number of hydrogen-bond acceptors (Lipinski definition) is 3. The minimum atomic E-state index is -0.286. The largest absolute Gasteiger partial charge is 0.495 e. The summed E-state index contributed by atoms with van der Waals surface area (Å²) in [6.45, 7) is 4.49. The van der Waals surface area contributed by atoms with Gasteiger partial charge in [0, 0.05) is 17.9 Å². The molecular weight excluding hydrogens is 354 g/mol. The maximum atomic E-state index is 12.3. The lowest BCUT2D eigenvalue weighted by Gasteiger charge is -2.14. The van der Waals surface area contributed by atoms with Gasteiger partial charge in [-0.2, -0.15) is 0 Å². The Morgan fingerprint density at radius 1 is 0.964 bits per heavy atom. The molecular formula is C22H25N3O3. The molecule has 2 N–H and O–H groups in total. The van der Waals surface area contributed by atoms with Gasteiger partial charge in [0.05, 0.1) is 25.6 Å². The molecule has 0 spiro atoms. The molecule has 0 aliphatic carbocycles. The summed E-state index contributed by atoms with van der Waals surface area (Å²) < 4.78 is 12.9. The van der Waals surface area contributed by atoms with Gasteiger partial charge in [-0.15, -0.1) is 0 Å². The number of nitrogens with one attached hydrogen (secondary N) is 2. The van der Waals surface area contributed by atoms with Crippen LogP contribution in [0.25, 0.3) is 5.69 Å². The van der Waals surface area contributed by atoms with Gasteiger partial charge in [-0.3, -0.25) is 0 Å². The maximum Gasteiger partial charge on any atom is 0.319 e. The zero-order chi connectivity index (χ0) is 20.1. The monoisotopic (exact) mass is 379 g/mol. The van der Waals surface area contributed by atoms with E-state index < -0.39 is 0 Å². The Hall–Kier alpha value is -3.41. The lowest BCUT2D eigenvalue weighted by molar-refractivity contribution is 0.251. The predicted molar refractivity (Wildman–Crippen MR) is 111 cm³/mol. The summed E-state index contributed by atoms with van der Waals surface area (Å²) in [5, 5.41) is 5.73. The van der Waals surface area contributed by atoms with Gasteiger partial charge in [0.25, 0.3) is 0 Å². The standard InChI is InChI=1S/C22H25N3O3/c1-15-13-17(16(2)25(15)19-10-6-8-12-21(19)28-4)14-23-22(26)24-18-9-5-7-11-20(18)27-3/h5-13H,14H2,1-4H3,(H2,23,24,26). The quantitative estimate of drug-likeness (QED) is 0.666. The van der Waals surface area contributed by atoms with E-state index in [0.29, 0.717) is 18.0 Å². The average Bonchev–Trinajstić information content (AvgIpc) is 3.00. The third-order valence-electron chi connectivity index (χ3n) is 4.66. The number of anilines is 1. The van der Waals surface area contributed by atoms with Gasteiger partial charge < -0.3 is 24.7 Å². The van der Waals surface area contributed by atoms with E-state index in [0.717, 1.165) is 28.4 Å². The van der Waals surface area contributed by atoms with Gasteiger partial charge in [-0.1, -0.05) is 24.3 Å². The van der Waals surface area contributed by atoms with Crippen molar-refractivity contribution in [2.75, 3.05) is 19.5 Å². The Morgan fingerprint density at radius 3 is 2.32 bits per heavy atom. The van der Waals surface area contributed by atoms with E-state index in [1.165, 1.54) is 0 Å². The number of aromatic nitrogens is 1. The lowest BCUT2D eigenvalue weighted by atomic mass is 10.2. The second-order valence-electron chi connectivity index (χ2n) is 6.41. The number of urea groups is 1. The highest BCUT2D eigenvalue weighted by atomic mass is 16.5. The SMILES string of the molecule is COc1ccccc1NC(=O)NCc1cc(C)n(-c2ccccc2OC)c1C. The second-order valence-corrected chi connectivity index (χ2v) is 6.41. The number of para-hydroxylation sites is 4. The Morgan fingerprint density at radius 2 is 1.61 bits per heavy atom. The molecule has 3 rings (SSSR count). The minimum Gasteiger partial charge on any atom is -0.495 e. The molecule has 146 valence electrons. The molecule has 0 fully saturated rings. The molecule has 0 aliphatic heterocycles. The van der Waals surface area contributed by atoms with Crippen LogP contribution in [0.3, 0.4) is 0 Å². The lowest BCUT2D eigenvalue weighted by Crippen LogP contribution is -2.28. The van der Waals surface area contributed by atoms with Crippen LogP contribution in [0.15, 0.2) is 54.6 Å². The molecule has 0 saturated carbocycles. The Labute approximate surface area is 165 Å². The molecule has 0 atom stereocenters. The maximum absolute atomic E-state index is 12.3. The van der Waals surface area contributed by atoms with Gasteiger partial charge in [0.15, 0.2) is 0 Å². The Bertz CT molecular complexity index is 979. The number of methoxy groups -OCH3 is 2. The zero-order valence-corrected chi connectivity index (χ0v) is 16.6. The minimum absolute atomic E-state index is 0.286. The topological polar surface area (TPSA) is 64.5 Å². The van der Waals surface area contributed by atoms with Crippen LogP contribution in [0.2, 0.25) is 0 Å². The van der Waals surface area contributed by atoms with Crippen molar-refractivity contribution in [3.8, 4) is 17.2 Å². The van der Waals surface area contributed by atoms with Gasteiger partial charge in [-0.25, -0.2) is 4.79 Å². The predicted octanol–water partition coefficient (Wildman–Crippen LogP) is 4.43. The summed E-state index contributed by atoms with van der Waals surface area (Å²) in [6, 6.07) is 17.0. The van der Waals surface area contributed by atoms with Crippen molar-refractivity contribution in [2.24, 2.45) is 0 Å². The van der Waals surface area contributed by atoms with Crippen molar-refractivity contribution < 1.29 is 14.3 Å². The molecule has 1 aromatic heterocycles. The van der Waals surface area contributed by atoms with Crippen LogP contribution in [-0.4, -0.2) is 24.8 Å². The van der Waals surface area contributed by atoms with Crippen LogP contribution < -0.4 is 20.1 Å². The smallest absolute Gasteiger partial charge is 0.319 e. The Kier molecular flexibility index (Phi) is 5.89. The number of rotatable bonds is 6. The summed E-state index contributed by atoms with van der Waals surface area (Å²) >= 11 is 0. The third kappa shape index (κ3) is 3.96. The number of aryl methyl sites for hydroxylation is 1. The molecule has 0 bridgehead atoms. The van der Waals surface area contributed by atoms with E-state index >= 15 is 0 Å². The molecule has 1 heterocycles. The third-order valence-corrected chi connectivity index (χ3v) is 4.66. The molecule has 0 saturated heterocycles. The summed E-state index contributed by atoms with van der Waals surface area (Å²) in [5.41, 5.74) is 4.77. The fraction of sp³-hybridized carbons (Fsp3) is 0.227. The van der Waals surface area contributed by atoms with Crippen molar-refractivity contribution in [1.82, 2.24) is 9.88 Å². The second kappa shape index (κ2) is 8.52. The van der Waals surface area contributed by atoms with Crippen molar-refractivity contribution in [3.05, 3.63) is 71.5 Å². The molecule has 0 aliphatic rings. The molecule has 3 aromatic rings. The summed E-state index contributed by atoms with van der Waals surface area (Å²) in [7, 11) is 3.24. The fourth-order valence-corrected chi connectivity index (χ4v) is 3.28. The molecule has 28 heavy (non-hydrogen) atoms. The number of hydrogen-bond donors (Lipinski definition) is 2. The first kappa shape index (κ1) is 19.4. The van der Waals surface area contributed by atoms with Crippen molar-refractivity contribution in [2.45, 2.75) is 20.4 Å². The number of ether oxygens (including phenoxy) is 2. The fourth-order valence-electron chi connectivity index (χ4n) is 3.28. The Balaban J connectivity index is 1.74. The number of carbonyl (C=O) groups excluding carboxylic acids is 1. The molecule has 6 heteroatoms. The normalized spacial score (nSPS) is 10.4. The molecule has 0 unspecified atom stereocenters. The number of nitrogens with zero attached hydrogens (tertiary/aromatic N) is 1. The highest BCUT2D eigenvalue weighted by Crippen LogP contribution is 2.28. The van der Waals surface area contributed by atoms with Crippen LogP contribution in [0.5, 0.6) is 11.5 Å². The van der Waals surface area contributed by atoms with E-state index in [1.807, 2.05) is 50.2 Å². The molecule has 6 nitrogen and oxygen atoms in total. The highest BCUT2D eigenvalue weighted by Gasteiger charge is 2.14. The summed E-state index contributed by atoms with van der Waals surface area (Å²) in [6.07, 6.45) is 0. The van der Waals surface area contributed by atoms with Crippen molar-refractivity contribution >= 4 is 11.7 Å². The van der Waals surface area contributed by atoms with E-state index in [-0.39, 0.29) is 6.03 Å². The first-order valence-electron chi connectivity index (χ1n) is 9.04. The van der Waals surface area contributed by atoms with Crippen molar-refractivity contribution in [1.29, 1.82) is 0 Å². The van der Waals surface area contributed by atoms with Crippen LogP contribution in [0, 0.1) is 13.8 Å². The number of amides is 2. The van der Waals surface area contributed by atoms with E-state index in [2.05, 4.69) is 21.3 Å². The van der Waals surface area contributed by atoms with Crippen LogP contribution in [0.4, 0.5) is 10.5 Å². The van der Waals surface area contributed by atoms with Crippen LogP contribution in [-0.2, 0) is 6.54 Å². The summed E-state index contributed by atoms with van der Waals surface area (Å²) in [5.74, 6) is 1.42. The van der Waals surface area contributed by atoms with E-state index in [4.69, 9.17) is 9.47 Å². The highest BCUT2D eigenvalue weighted by molar-refractivity contribution is 5.90.